The number of fused-ring (bicyclic) bond motifs is 1. The van der Waals surface area contributed by atoms with E-state index in [0.29, 0.717) is 36.5 Å². The molecule has 0 saturated heterocycles. The molecule has 4 nitrogen and oxygen atoms in total. The number of carbonyl (C=O) groups excluding carboxylic acids is 1. The number of rotatable bonds is 3. The first-order valence-electron chi connectivity index (χ1n) is 6.78. The molecule has 0 bridgehead atoms. The van der Waals surface area contributed by atoms with Crippen LogP contribution in [-0.4, -0.2) is 22.5 Å². The smallest absolute Gasteiger partial charge is 0.223 e. The molecule has 1 aromatic carbocycles. The molecule has 0 saturated carbocycles. The van der Waals surface area contributed by atoms with Crippen molar-refractivity contribution < 1.29 is 13.7 Å². The van der Waals surface area contributed by atoms with Crippen molar-refractivity contribution in [2.75, 3.05) is 6.54 Å². The molecule has 0 fully saturated rings. The maximum absolute atomic E-state index is 13.7. The Bertz CT molecular complexity index is 651. The minimum absolute atomic E-state index is 0.0128. The van der Waals surface area contributed by atoms with Crippen LogP contribution < -0.4 is 0 Å². The molecule has 1 amide bonds. The summed E-state index contributed by atoms with van der Waals surface area (Å²) in [4.78, 5) is 14.0. The second-order valence-corrected chi connectivity index (χ2v) is 5.45. The fourth-order valence-electron chi connectivity index (χ4n) is 2.51. The lowest BCUT2D eigenvalue weighted by Gasteiger charge is -2.25. The van der Waals surface area contributed by atoms with Gasteiger partial charge in [-0.1, -0.05) is 22.8 Å². The lowest BCUT2D eigenvalue weighted by molar-refractivity contribution is -0.132. The highest BCUT2D eigenvalue weighted by Crippen LogP contribution is 2.22. The van der Waals surface area contributed by atoms with E-state index in [0.717, 1.165) is 11.3 Å². The molecule has 0 N–H and O–H groups in total. The van der Waals surface area contributed by atoms with Gasteiger partial charge in [0.1, 0.15) is 11.6 Å². The van der Waals surface area contributed by atoms with Crippen molar-refractivity contribution in [2.45, 2.75) is 25.8 Å². The summed E-state index contributed by atoms with van der Waals surface area (Å²) in [6.07, 6.45) is 2.85. The highest BCUT2D eigenvalue weighted by molar-refractivity contribution is 6.31. The fourth-order valence-corrected chi connectivity index (χ4v) is 2.77. The van der Waals surface area contributed by atoms with Crippen molar-refractivity contribution >= 4 is 17.5 Å². The average Bonchev–Trinajstić information content (AvgIpc) is 2.93. The summed E-state index contributed by atoms with van der Waals surface area (Å²) in [5, 5.41) is 4.10. The van der Waals surface area contributed by atoms with Crippen molar-refractivity contribution in [3.05, 3.63) is 52.1 Å². The molecule has 1 aromatic heterocycles. The first-order chi connectivity index (χ1) is 10.1. The number of amides is 1. The Hall–Kier alpha value is -1.88. The maximum Gasteiger partial charge on any atom is 0.223 e. The molecule has 0 atom stereocenters. The van der Waals surface area contributed by atoms with E-state index in [1.54, 1.807) is 23.2 Å². The number of benzene rings is 1. The molecule has 0 unspecified atom stereocenters. The molecule has 21 heavy (non-hydrogen) atoms. The lowest BCUT2D eigenvalue weighted by atomic mass is 10.1. The number of carbonyl (C=O) groups is 1. The van der Waals surface area contributed by atoms with E-state index in [9.17, 15) is 9.18 Å². The van der Waals surface area contributed by atoms with E-state index >= 15 is 0 Å². The van der Waals surface area contributed by atoms with Crippen LogP contribution >= 0.6 is 11.6 Å². The van der Waals surface area contributed by atoms with Crippen molar-refractivity contribution in [3.8, 4) is 0 Å². The van der Waals surface area contributed by atoms with Gasteiger partial charge in [0, 0.05) is 35.5 Å². The molecule has 0 spiro atoms. The molecular formula is C15H14ClFN2O2. The predicted molar refractivity (Wildman–Crippen MR) is 75.4 cm³/mol. The largest absolute Gasteiger partial charge is 0.361 e. The third-order valence-electron chi connectivity index (χ3n) is 3.70. The molecule has 0 radical (unpaired) electrons. The van der Waals surface area contributed by atoms with Gasteiger partial charge in [-0.2, -0.15) is 0 Å². The highest BCUT2D eigenvalue weighted by atomic mass is 35.5. The van der Waals surface area contributed by atoms with Gasteiger partial charge in [-0.3, -0.25) is 4.79 Å². The Morgan fingerprint density at radius 3 is 3.14 bits per heavy atom. The highest BCUT2D eigenvalue weighted by Gasteiger charge is 2.23. The molecule has 2 aromatic rings. The van der Waals surface area contributed by atoms with E-state index in [1.807, 2.05) is 0 Å². The summed E-state index contributed by atoms with van der Waals surface area (Å²) in [7, 11) is 0. The van der Waals surface area contributed by atoms with Gasteiger partial charge in [0.05, 0.1) is 12.7 Å². The van der Waals surface area contributed by atoms with Gasteiger partial charge >= 0.3 is 0 Å². The lowest BCUT2D eigenvalue weighted by Crippen LogP contribution is -2.35. The van der Waals surface area contributed by atoms with Crippen LogP contribution in [-0.2, 0) is 24.2 Å². The predicted octanol–water partition coefficient (Wildman–Crippen LogP) is 2.98. The van der Waals surface area contributed by atoms with E-state index in [1.165, 1.54) is 6.07 Å². The van der Waals surface area contributed by atoms with Crippen LogP contribution in [0.3, 0.4) is 0 Å². The van der Waals surface area contributed by atoms with E-state index in [2.05, 4.69) is 5.16 Å². The van der Waals surface area contributed by atoms with Gasteiger partial charge in [0.15, 0.2) is 0 Å². The van der Waals surface area contributed by atoms with Crippen LogP contribution in [0.5, 0.6) is 0 Å². The normalized spacial score (nSPS) is 14.1. The molecule has 1 aliphatic heterocycles. The second-order valence-electron chi connectivity index (χ2n) is 5.04. The molecule has 0 aliphatic carbocycles. The zero-order chi connectivity index (χ0) is 14.8. The zero-order valence-corrected chi connectivity index (χ0v) is 12.1. The first-order valence-corrected chi connectivity index (χ1v) is 7.16. The Balaban J connectivity index is 1.63. The topological polar surface area (TPSA) is 46.3 Å². The van der Waals surface area contributed by atoms with Crippen LogP contribution in [0.1, 0.15) is 23.3 Å². The number of nitrogens with zero attached hydrogens (tertiary/aromatic N) is 2. The van der Waals surface area contributed by atoms with Crippen molar-refractivity contribution in [1.29, 1.82) is 0 Å². The van der Waals surface area contributed by atoms with Gasteiger partial charge in [-0.05, 0) is 18.6 Å². The summed E-state index contributed by atoms with van der Waals surface area (Å²) < 4.78 is 18.8. The molecule has 2 heterocycles. The number of aromatic nitrogens is 1. The number of hydrogen-bond acceptors (Lipinski definition) is 3. The Morgan fingerprint density at radius 2 is 2.33 bits per heavy atom. The Morgan fingerprint density at radius 1 is 1.48 bits per heavy atom. The van der Waals surface area contributed by atoms with Gasteiger partial charge in [-0.25, -0.2) is 4.39 Å². The summed E-state index contributed by atoms with van der Waals surface area (Å²) >= 11 is 5.97. The van der Waals surface area contributed by atoms with E-state index in [-0.39, 0.29) is 18.1 Å². The van der Waals surface area contributed by atoms with Gasteiger partial charge < -0.3 is 9.42 Å². The number of hydrogen-bond donors (Lipinski definition) is 0. The van der Waals surface area contributed by atoms with Crippen molar-refractivity contribution in [2.24, 2.45) is 0 Å². The summed E-state index contributed by atoms with van der Waals surface area (Å²) in [5.74, 6) is 0.465. The fraction of sp³-hybridized carbons (Fsp3) is 0.333. The monoisotopic (exact) mass is 308 g/mol. The van der Waals surface area contributed by atoms with Crippen LogP contribution in [0.4, 0.5) is 4.39 Å². The quantitative estimate of drug-likeness (QED) is 0.875. The first kappa shape index (κ1) is 14.1. The molecule has 1 aliphatic rings. The number of halogens is 2. The molecule has 6 heteroatoms. The Kier molecular flexibility index (Phi) is 3.92. The van der Waals surface area contributed by atoms with Gasteiger partial charge in [-0.15, -0.1) is 0 Å². The third-order valence-corrected chi connectivity index (χ3v) is 4.06. The third kappa shape index (κ3) is 2.93. The second kappa shape index (κ2) is 5.85. The summed E-state index contributed by atoms with van der Waals surface area (Å²) in [6, 6.07) is 4.55. The van der Waals surface area contributed by atoms with Crippen molar-refractivity contribution in [1.82, 2.24) is 10.1 Å². The van der Waals surface area contributed by atoms with Crippen LogP contribution in [0.15, 0.2) is 28.9 Å². The molecule has 110 valence electrons. The van der Waals surface area contributed by atoms with Crippen LogP contribution in [0, 0.1) is 5.82 Å². The minimum atomic E-state index is -0.365. The standard InChI is InChI=1S/C15H14ClFN2O2/c16-12-2-1-3-13(17)11(12)4-5-15(20)19-7-6-14-10(9-19)8-18-21-14/h1-3,8H,4-7,9H2. The van der Waals surface area contributed by atoms with Crippen molar-refractivity contribution in [3.63, 3.8) is 0 Å². The summed E-state index contributed by atoms with van der Waals surface area (Å²) in [5.41, 5.74) is 1.34. The molecular weight excluding hydrogens is 295 g/mol. The van der Waals surface area contributed by atoms with Crippen LogP contribution in [0.2, 0.25) is 5.02 Å². The molecule has 3 rings (SSSR count). The average molecular weight is 309 g/mol. The summed E-state index contributed by atoms with van der Waals surface area (Å²) in [6.45, 7) is 1.11. The van der Waals surface area contributed by atoms with Crippen LogP contribution in [0.25, 0.3) is 0 Å². The van der Waals surface area contributed by atoms with Gasteiger partial charge in [0.2, 0.25) is 5.91 Å². The maximum atomic E-state index is 13.7. The van der Waals surface area contributed by atoms with Gasteiger partial charge in [0.25, 0.3) is 0 Å². The minimum Gasteiger partial charge on any atom is -0.361 e. The van der Waals surface area contributed by atoms with E-state index < -0.39 is 0 Å². The SMILES string of the molecule is O=C(CCc1c(F)cccc1Cl)N1CCc2oncc2C1. The Labute approximate surface area is 126 Å². The van der Waals surface area contributed by atoms with E-state index in [4.69, 9.17) is 16.1 Å². The zero-order valence-electron chi connectivity index (χ0n) is 11.3.